The number of morpholine rings is 1. The number of aromatic nitrogens is 5. The summed E-state index contributed by atoms with van der Waals surface area (Å²) >= 11 is 0. The number of fused-ring (bicyclic) bond motifs is 3. The highest BCUT2D eigenvalue weighted by Gasteiger charge is 2.20. The van der Waals surface area contributed by atoms with Gasteiger partial charge in [0.1, 0.15) is 5.78 Å². The SMILES string of the molecule is CC(=O)Cn1c(=O)c2c(nc3n(CCCN4CCOCC4)c(C)cn23)n(C)c1=O. The summed E-state index contributed by atoms with van der Waals surface area (Å²) in [4.78, 5) is 44.0. The normalized spacial score (nSPS) is 15.6. The van der Waals surface area contributed by atoms with Crippen molar-refractivity contribution in [1.29, 1.82) is 0 Å². The van der Waals surface area contributed by atoms with Crippen LogP contribution in [0.5, 0.6) is 0 Å². The Morgan fingerprint density at radius 2 is 1.90 bits per heavy atom. The standard InChI is InChI=1S/C19H26N6O4/c1-13-11-24-15-16(21(3)19(28)25(17(15)27)12-14(2)26)20-18(24)23(13)6-4-5-22-7-9-29-10-8-22/h11H,4-10,12H2,1-3H3. The molecule has 3 aromatic rings. The van der Waals surface area contributed by atoms with Gasteiger partial charge in [-0.05, 0) is 20.3 Å². The zero-order chi connectivity index (χ0) is 20.7. The van der Waals surface area contributed by atoms with Crippen molar-refractivity contribution in [1.82, 2.24) is 28.0 Å². The Kier molecular flexibility index (Phi) is 5.13. The molecule has 10 heteroatoms. The Morgan fingerprint density at radius 1 is 1.17 bits per heavy atom. The first kappa shape index (κ1) is 19.6. The molecule has 0 atom stereocenters. The molecule has 10 nitrogen and oxygen atoms in total. The molecule has 0 bridgehead atoms. The third kappa shape index (κ3) is 3.42. The second kappa shape index (κ2) is 7.60. The van der Waals surface area contributed by atoms with Gasteiger partial charge < -0.3 is 9.30 Å². The van der Waals surface area contributed by atoms with Gasteiger partial charge in [0.15, 0.2) is 11.2 Å². The molecule has 0 amide bonds. The smallest absolute Gasteiger partial charge is 0.332 e. The van der Waals surface area contributed by atoms with Crippen molar-refractivity contribution in [2.75, 3.05) is 32.8 Å². The minimum Gasteiger partial charge on any atom is -0.379 e. The molecule has 0 unspecified atom stereocenters. The Morgan fingerprint density at radius 3 is 2.59 bits per heavy atom. The van der Waals surface area contributed by atoms with E-state index in [1.807, 2.05) is 13.1 Å². The number of carbonyl (C=O) groups is 1. The predicted molar refractivity (Wildman–Crippen MR) is 107 cm³/mol. The molecule has 156 valence electrons. The molecular formula is C19H26N6O4. The van der Waals surface area contributed by atoms with Crippen LogP contribution < -0.4 is 11.2 Å². The van der Waals surface area contributed by atoms with Crippen LogP contribution in [0.3, 0.4) is 0 Å². The lowest BCUT2D eigenvalue weighted by Gasteiger charge is -2.26. The molecule has 0 saturated carbocycles. The molecule has 0 aliphatic carbocycles. The summed E-state index contributed by atoms with van der Waals surface area (Å²) in [5.74, 6) is 0.383. The molecule has 0 aromatic carbocycles. The van der Waals surface area contributed by atoms with Crippen molar-refractivity contribution in [2.24, 2.45) is 7.05 Å². The van der Waals surface area contributed by atoms with Crippen molar-refractivity contribution in [2.45, 2.75) is 33.4 Å². The molecule has 0 N–H and O–H groups in total. The predicted octanol–water partition coefficient (Wildman–Crippen LogP) is -0.231. The van der Waals surface area contributed by atoms with Crippen LogP contribution in [0.4, 0.5) is 0 Å². The lowest BCUT2D eigenvalue weighted by Crippen LogP contribution is -2.40. The number of nitrogens with zero attached hydrogens (tertiary/aromatic N) is 6. The van der Waals surface area contributed by atoms with Crippen LogP contribution in [0.25, 0.3) is 16.9 Å². The van der Waals surface area contributed by atoms with Gasteiger partial charge in [-0.1, -0.05) is 0 Å². The van der Waals surface area contributed by atoms with Crippen LogP contribution in [0.1, 0.15) is 19.0 Å². The molecule has 1 saturated heterocycles. The van der Waals surface area contributed by atoms with Crippen LogP contribution >= 0.6 is 0 Å². The van der Waals surface area contributed by atoms with E-state index in [2.05, 4.69) is 14.5 Å². The van der Waals surface area contributed by atoms with Crippen LogP contribution in [0.15, 0.2) is 15.8 Å². The average molecular weight is 402 g/mol. The number of imidazole rings is 2. The number of Topliss-reactive ketones (excluding diaryl/α,β-unsaturated/α-hetero) is 1. The number of ketones is 1. The molecule has 1 fully saturated rings. The summed E-state index contributed by atoms with van der Waals surface area (Å²) < 4.78 is 11.5. The summed E-state index contributed by atoms with van der Waals surface area (Å²) in [5.41, 5.74) is 0.614. The van der Waals surface area contributed by atoms with Crippen LogP contribution in [-0.4, -0.2) is 66.6 Å². The fourth-order valence-corrected chi connectivity index (χ4v) is 3.97. The third-order valence-electron chi connectivity index (χ3n) is 5.48. The van der Waals surface area contributed by atoms with E-state index in [1.165, 1.54) is 11.5 Å². The molecule has 0 radical (unpaired) electrons. The number of aryl methyl sites for hydroxylation is 3. The van der Waals surface area contributed by atoms with Gasteiger partial charge in [0.2, 0.25) is 5.78 Å². The number of hydrogen-bond acceptors (Lipinski definition) is 6. The summed E-state index contributed by atoms with van der Waals surface area (Å²) in [7, 11) is 1.57. The number of carbonyl (C=O) groups excluding carboxylic acids is 1. The maximum atomic E-state index is 13.0. The highest BCUT2D eigenvalue weighted by molar-refractivity contribution is 5.78. The molecule has 3 aromatic heterocycles. The van der Waals surface area contributed by atoms with Gasteiger partial charge in [0.25, 0.3) is 5.56 Å². The van der Waals surface area contributed by atoms with E-state index in [1.54, 1.807) is 11.4 Å². The lowest BCUT2D eigenvalue weighted by molar-refractivity contribution is -0.117. The second-order valence-corrected chi connectivity index (χ2v) is 7.62. The Bertz CT molecular complexity index is 1190. The summed E-state index contributed by atoms with van der Waals surface area (Å²) in [6.07, 6.45) is 2.81. The molecule has 4 rings (SSSR count). The zero-order valence-electron chi connectivity index (χ0n) is 17.1. The summed E-state index contributed by atoms with van der Waals surface area (Å²) in [5, 5.41) is 0. The summed E-state index contributed by atoms with van der Waals surface area (Å²) in [6.45, 7) is 8.28. The van der Waals surface area contributed by atoms with E-state index in [9.17, 15) is 14.4 Å². The monoisotopic (exact) mass is 402 g/mol. The highest BCUT2D eigenvalue weighted by atomic mass is 16.5. The minimum atomic E-state index is -0.533. The van der Waals surface area contributed by atoms with Gasteiger partial charge in [0.05, 0.1) is 19.8 Å². The fraction of sp³-hybridized carbons (Fsp3) is 0.579. The molecule has 0 spiro atoms. The van der Waals surface area contributed by atoms with Crippen molar-refractivity contribution in [3.8, 4) is 0 Å². The molecule has 29 heavy (non-hydrogen) atoms. The van der Waals surface area contributed by atoms with E-state index < -0.39 is 11.2 Å². The van der Waals surface area contributed by atoms with Crippen molar-refractivity contribution >= 4 is 22.7 Å². The van der Waals surface area contributed by atoms with E-state index >= 15 is 0 Å². The van der Waals surface area contributed by atoms with Crippen molar-refractivity contribution in [3.05, 3.63) is 32.7 Å². The number of hydrogen-bond donors (Lipinski definition) is 0. The third-order valence-corrected chi connectivity index (χ3v) is 5.48. The highest BCUT2D eigenvalue weighted by Crippen LogP contribution is 2.16. The molecule has 4 heterocycles. The molecular weight excluding hydrogens is 376 g/mol. The Balaban J connectivity index is 1.73. The van der Waals surface area contributed by atoms with Crippen LogP contribution in [-0.2, 0) is 29.7 Å². The topological polar surface area (TPSA) is 95.8 Å². The molecule has 1 aliphatic rings. The lowest BCUT2D eigenvalue weighted by atomic mass is 10.3. The number of rotatable bonds is 6. The Labute approximate surface area is 166 Å². The summed E-state index contributed by atoms with van der Waals surface area (Å²) in [6, 6.07) is 0. The maximum absolute atomic E-state index is 13.0. The largest absolute Gasteiger partial charge is 0.379 e. The van der Waals surface area contributed by atoms with Gasteiger partial charge in [-0.2, -0.15) is 4.98 Å². The maximum Gasteiger partial charge on any atom is 0.332 e. The van der Waals surface area contributed by atoms with Gasteiger partial charge in [0, 0.05) is 45.1 Å². The van der Waals surface area contributed by atoms with Crippen molar-refractivity contribution < 1.29 is 9.53 Å². The first-order chi connectivity index (χ1) is 13.9. The first-order valence-electron chi connectivity index (χ1n) is 9.85. The second-order valence-electron chi connectivity index (χ2n) is 7.62. The minimum absolute atomic E-state index is 0.242. The average Bonchev–Trinajstić information content (AvgIpc) is 3.20. The van der Waals surface area contributed by atoms with E-state index in [0.29, 0.717) is 16.9 Å². The number of ether oxygens (including phenoxy) is 1. The zero-order valence-corrected chi connectivity index (χ0v) is 17.1. The van der Waals surface area contributed by atoms with Crippen LogP contribution in [0, 0.1) is 6.92 Å². The van der Waals surface area contributed by atoms with Crippen LogP contribution in [0.2, 0.25) is 0 Å². The quantitative estimate of drug-likeness (QED) is 0.565. The van der Waals surface area contributed by atoms with E-state index in [-0.39, 0.29) is 12.3 Å². The van der Waals surface area contributed by atoms with Gasteiger partial charge >= 0.3 is 5.69 Å². The van der Waals surface area contributed by atoms with E-state index in [4.69, 9.17) is 4.74 Å². The van der Waals surface area contributed by atoms with E-state index in [0.717, 1.165) is 56.1 Å². The first-order valence-corrected chi connectivity index (χ1v) is 9.85. The fourth-order valence-electron chi connectivity index (χ4n) is 3.97. The van der Waals surface area contributed by atoms with Crippen molar-refractivity contribution in [3.63, 3.8) is 0 Å². The van der Waals surface area contributed by atoms with Gasteiger partial charge in [-0.25, -0.2) is 4.79 Å². The van der Waals surface area contributed by atoms with Gasteiger partial charge in [-0.3, -0.25) is 28.0 Å². The van der Waals surface area contributed by atoms with Gasteiger partial charge in [-0.15, -0.1) is 0 Å². The molecule has 1 aliphatic heterocycles. The Hall–Kier alpha value is -2.72.